The number of nitrogens with zero attached hydrogens (tertiary/aromatic N) is 1. The lowest BCUT2D eigenvalue weighted by atomic mass is 10.1. The van der Waals surface area contributed by atoms with E-state index in [1.165, 1.54) is 16.7 Å². The number of rotatable bonds is 4. The van der Waals surface area contributed by atoms with Crippen LogP contribution in [0.15, 0.2) is 48.8 Å². The van der Waals surface area contributed by atoms with Crippen LogP contribution in [0.1, 0.15) is 19.4 Å². The van der Waals surface area contributed by atoms with Crippen molar-refractivity contribution in [3.05, 3.63) is 54.4 Å². The molecule has 2 heteroatoms. The van der Waals surface area contributed by atoms with Gasteiger partial charge in [-0.15, -0.1) is 0 Å². The molecular formula is C15H18N2. The molecule has 0 saturated carbocycles. The summed E-state index contributed by atoms with van der Waals surface area (Å²) < 4.78 is 0. The van der Waals surface area contributed by atoms with E-state index in [9.17, 15) is 0 Å². The minimum atomic E-state index is 0.523. The number of aromatic nitrogens is 1. The lowest BCUT2D eigenvalue weighted by Crippen LogP contribution is -2.21. The summed E-state index contributed by atoms with van der Waals surface area (Å²) in [6.45, 7) is 5.24. The molecule has 1 heterocycles. The maximum Gasteiger partial charge on any atom is 0.0273 e. The Labute approximate surface area is 103 Å². The van der Waals surface area contributed by atoms with E-state index in [-0.39, 0.29) is 0 Å². The van der Waals surface area contributed by atoms with Crippen molar-refractivity contribution < 1.29 is 0 Å². The van der Waals surface area contributed by atoms with E-state index in [0.717, 1.165) is 6.54 Å². The fourth-order valence-electron chi connectivity index (χ4n) is 1.68. The van der Waals surface area contributed by atoms with Gasteiger partial charge in [-0.2, -0.15) is 0 Å². The van der Waals surface area contributed by atoms with Crippen LogP contribution in [-0.4, -0.2) is 11.0 Å². The SMILES string of the molecule is CC(C)NCc1ccc(-c2ccncc2)cc1. The molecule has 0 spiro atoms. The molecule has 0 aliphatic carbocycles. The lowest BCUT2D eigenvalue weighted by Gasteiger charge is -2.08. The predicted octanol–water partition coefficient (Wildman–Crippen LogP) is 3.25. The van der Waals surface area contributed by atoms with Crippen molar-refractivity contribution in [2.45, 2.75) is 26.4 Å². The molecule has 0 unspecified atom stereocenters. The number of benzene rings is 1. The van der Waals surface area contributed by atoms with Gasteiger partial charge in [0.15, 0.2) is 0 Å². The minimum Gasteiger partial charge on any atom is -0.310 e. The Morgan fingerprint density at radius 1 is 0.941 bits per heavy atom. The van der Waals surface area contributed by atoms with E-state index in [0.29, 0.717) is 6.04 Å². The minimum absolute atomic E-state index is 0.523. The summed E-state index contributed by atoms with van der Waals surface area (Å²) in [6.07, 6.45) is 3.65. The zero-order valence-electron chi connectivity index (χ0n) is 10.4. The van der Waals surface area contributed by atoms with Crippen LogP contribution in [-0.2, 0) is 6.54 Å². The molecular weight excluding hydrogens is 208 g/mol. The fourth-order valence-corrected chi connectivity index (χ4v) is 1.68. The first-order valence-electron chi connectivity index (χ1n) is 5.98. The van der Waals surface area contributed by atoms with Gasteiger partial charge in [-0.1, -0.05) is 38.1 Å². The average molecular weight is 226 g/mol. The van der Waals surface area contributed by atoms with Crippen LogP contribution < -0.4 is 5.32 Å². The molecule has 0 atom stereocenters. The van der Waals surface area contributed by atoms with E-state index in [4.69, 9.17) is 0 Å². The molecule has 0 radical (unpaired) electrons. The number of pyridine rings is 1. The number of hydrogen-bond donors (Lipinski definition) is 1. The Bertz CT molecular complexity index is 446. The molecule has 0 fully saturated rings. The molecule has 2 aromatic rings. The van der Waals surface area contributed by atoms with Gasteiger partial charge in [-0.25, -0.2) is 0 Å². The quantitative estimate of drug-likeness (QED) is 0.865. The normalized spacial score (nSPS) is 10.8. The molecule has 0 aliphatic heterocycles. The Kier molecular flexibility index (Phi) is 3.89. The molecule has 1 aromatic carbocycles. The highest BCUT2D eigenvalue weighted by Gasteiger charge is 1.98. The molecule has 0 bridgehead atoms. The Morgan fingerprint density at radius 3 is 2.12 bits per heavy atom. The summed E-state index contributed by atoms with van der Waals surface area (Å²) in [5.41, 5.74) is 3.76. The standard InChI is InChI=1S/C15H18N2/c1-12(2)17-11-13-3-5-14(6-4-13)15-7-9-16-10-8-15/h3-10,12,17H,11H2,1-2H3. The van der Waals surface area contributed by atoms with Gasteiger partial charge in [0, 0.05) is 25.0 Å². The largest absolute Gasteiger partial charge is 0.310 e. The van der Waals surface area contributed by atoms with Crippen LogP contribution in [0.25, 0.3) is 11.1 Å². The Balaban J connectivity index is 2.08. The Morgan fingerprint density at radius 2 is 1.53 bits per heavy atom. The number of hydrogen-bond acceptors (Lipinski definition) is 2. The molecule has 88 valence electrons. The molecule has 2 rings (SSSR count). The Hall–Kier alpha value is -1.67. The van der Waals surface area contributed by atoms with Gasteiger partial charge in [-0.05, 0) is 28.8 Å². The monoisotopic (exact) mass is 226 g/mol. The summed E-state index contributed by atoms with van der Waals surface area (Å²) in [5, 5.41) is 3.41. The van der Waals surface area contributed by atoms with Crippen LogP contribution in [0.3, 0.4) is 0 Å². The van der Waals surface area contributed by atoms with E-state index in [1.54, 1.807) is 0 Å². The van der Waals surface area contributed by atoms with Crippen LogP contribution in [0.2, 0.25) is 0 Å². The van der Waals surface area contributed by atoms with Crippen LogP contribution in [0, 0.1) is 0 Å². The molecule has 0 amide bonds. The molecule has 1 aromatic heterocycles. The van der Waals surface area contributed by atoms with Gasteiger partial charge in [-0.3, -0.25) is 4.98 Å². The first kappa shape index (κ1) is 11.8. The maximum absolute atomic E-state index is 4.03. The average Bonchev–Trinajstić information content (AvgIpc) is 2.38. The highest BCUT2D eigenvalue weighted by molar-refractivity contribution is 5.62. The van der Waals surface area contributed by atoms with E-state index in [1.807, 2.05) is 24.5 Å². The van der Waals surface area contributed by atoms with Crippen LogP contribution >= 0.6 is 0 Å². The molecule has 0 saturated heterocycles. The van der Waals surface area contributed by atoms with Crippen LogP contribution in [0.5, 0.6) is 0 Å². The third-order valence-corrected chi connectivity index (χ3v) is 2.68. The second kappa shape index (κ2) is 5.60. The summed E-state index contributed by atoms with van der Waals surface area (Å²) in [7, 11) is 0. The molecule has 0 aliphatic rings. The van der Waals surface area contributed by atoms with Gasteiger partial charge in [0.1, 0.15) is 0 Å². The summed E-state index contributed by atoms with van der Waals surface area (Å²) in [4.78, 5) is 4.03. The van der Waals surface area contributed by atoms with Crippen molar-refractivity contribution in [3.63, 3.8) is 0 Å². The van der Waals surface area contributed by atoms with Gasteiger partial charge < -0.3 is 5.32 Å². The van der Waals surface area contributed by atoms with Crippen LogP contribution in [0.4, 0.5) is 0 Å². The van der Waals surface area contributed by atoms with Crippen molar-refractivity contribution in [2.75, 3.05) is 0 Å². The third-order valence-electron chi connectivity index (χ3n) is 2.68. The van der Waals surface area contributed by atoms with Gasteiger partial charge in [0.05, 0.1) is 0 Å². The van der Waals surface area contributed by atoms with E-state index in [2.05, 4.69) is 48.4 Å². The van der Waals surface area contributed by atoms with Crippen molar-refractivity contribution >= 4 is 0 Å². The molecule has 17 heavy (non-hydrogen) atoms. The predicted molar refractivity (Wildman–Crippen MR) is 71.6 cm³/mol. The number of nitrogens with one attached hydrogen (secondary N) is 1. The fraction of sp³-hybridized carbons (Fsp3) is 0.267. The first-order valence-corrected chi connectivity index (χ1v) is 5.98. The van der Waals surface area contributed by atoms with Gasteiger partial charge in [0.2, 0.25) is 0 Å². The summed E-state index contributed by atoms with van der Waals surface area (Å²) >= 11 is 0. The molecule has 1 N–H and O–H groups in total. The van der Waals surface area contributed by atoms with Gasteiger partial charge >= 0.3 is 0 Å². The first-order chi connectivity index (χ1) is 8.25. The lowest BCUT2D eigenvalue weighted by molar-refractivity contribution is 0.589. The highest BCUT2D eigenvalue weighted by atomic mass is 14.9. The van der Waals surface area contributed by atoms with Crippen molar-refractivity contribution in [2.24, 2.45) is 0 Å². The maximum atomic E-state index is 4.03. The zero-order chi connectivity index (χ0) is 12.1. The van der Waals surface area contributed by atoms with Crippen molar-refractivity contribution in [3.8, 4) is 11.1 Å². The van der Waals surface area contributed by atoms with Gasteiger partial charge in [0.25, 0.3) is 0 Å². The van der Waals surface area contributed by atoms with Crippen molar-refractivity contribution in [1.82, 2.24) is 10.3 Å². The topological polar surface area (TPSA) is 24.9 Å². The van der Waals surface area contributed by atoms with Crippen molar-refractivity contribution in [1.29, 1.82) is 0 Å². The molecule has 2 nitrogen and oxygen atoms in total. The van der Waals surface area contributed by atoms with E-state index >= 15 is 0 Å². The smallest absolute Gasteiger partial charge is 0.0273 e. The second-order valence-corrected chi connectivity index (χ2v) is 4.47. The summed E-state index contributed by atoms with van der Waals surface area (Å²) in [5.74, 6) is 0. The third kappa shape index (κ3) is 3.40. The van der Waals surface area contributed by atoms with E-state index < -0.39 is 0 Å². The zero-order valence-corrected chi connectivity index (χ0v) is 10.4. The highest BCUT2D eigenvalue weighted by Crippen LogP contribution is 2.18. The second-order valence-electron chi connectivity index (χ2n) is 4.47. The summed E-state index contributed by atoms with van der Waals surface area (Å²) in [6, 6.07) is 13.2.